The number of benzene rings is 1. The van der Waals surface area contributed by atoms with E-state index in [4.69, 9.17) is 14.2 Å². The van der Waals surface area contributed by atoms with Crippen LogP contribution < -0.4 is 10.1 Å². The van der Waals surface area contributed by atoms with E-state index in [0.29, 0.717) is 43.2 Å². The van der Waals surface area contributed by atoms with Crippen LogP contribution in [0.4, 0.5) is 18.0 Å². The fourth-order valence-corrected chi connectivity index (χ4v) is 3.27. The number of hydrogen-bond donors (Lipinski definition) is 1. The number of ether oxygens (including phenoxy) is 3. The number of hydrogen-bond acceptors (Lipinski definition) is 5. The van der Waals surface area contributed by atoms with Crippen LogP contribution in [-0.2, 0) is 15.7 Å². The molecule has 32 heavy (non-hydrogen) atoms. The van der Waals surface area contributed by atoms with Crippen molar-refractivity contribution in [1.29, 1.82) is 0 Å². The third-order valence-electron chi connectivity index (χ3n) is 4.88. The topological polar surface area (TPSA) is 69.7 Å². The number of amides is 1. The van der Waals surface area contributed by atoms with Gasteiger partial charge in [-0.2, -0.15) is 13.2 Å². The minimum atomic E-state index is -4.41. The summed E-state index contributed by atoms with van der Waals surface area (Å²) in [6.45, 7) is 6.75. The second kappa shape index (κ2) is 9.77. The second-order valence-corrected chi connectivity index (χ2v) is 8.64. The van der Waals surface area contributed by atoms with Gasteiger partial charge in [-0.1, -0.05) is 0 Å². The monoisotopic (exact) mass is 452 g/mol. The van der Waals surface area contributed by atoms with Crippen molar-refractivity contribution in [2.24, 2.45) is 5.92 Å². The summed E-state index contributed by atoms with van der Waals surface area (Å²) in [5.74, 6) is 0.551. The molecule has 2 atom stereocenters. The van der Waals surface area contributed by atoms with Gasteiger partial charge in [0.2, 0.25) is 0 Å². The quantitative estimate of drug-likeness (QED) is 0.686. The van der Waals surface area contributed by atoms with Crippen molar-refractivity contribution in [3.05, 3.63) is 48.2 Å². The minimum Gasteiger partial charge on any atom is -0.493 e. The molecule has 0 bridgehead atoms. The number of carbonyl (C=O) groups excluding carboxylic acids is 1. The summed E-state index contributed by atoms with van der Waals surface area (Å²) in [4.78, 5) is 16.0. The molecule has 2 heterocycles. The molecule has 1 N–H and O–H groups in total. The summed E-state index contributed by atoms with van der Waals surface area (Å²) in [6.07, 6.45) is -3.41. The first kappa shape index (κ1) is 23.8. The highest BCUT2D eigenvalue weighted by molar-refractivity contribution is 5.68. The van der Waals surface area contributed by atoms with E-state index < -0.39 is 23.4 Å². The molecule has 0 radical (unpaired) electrons. The van der Waals surface area contributed by atoms with E-state index in [1.165, 1.54) is 6.07 Å². The van der Waals surface area contributed by atoms with Gasteiger partial charge >= 0.3 is 12.3 Å². The number of alkyl halides is 3. The maximum absolute atomic E-state index is 12.7. The molecular weight excluding hydrogens is 425 g/mol. The number of alkyl carbamates (subject to hydrolysis) is 1. The third-order valence-corrected chi connectivity index (χ3v) is 4.88. The number of pyridine rings is 1. The van der Waals surface area contributed by atoms with Crippen LogP contribution in [0.2, 0.25) is 0 Å². The van der Waals surface area contributed by atoms with Gasteiger partial charge in [0.15, 0.2) is 0 Å². The van der Waals surface area contributed by atoms with Crippen LogP contribution in [-0.4, -0.2) is 42.5 Å². The Balaban J connectivity index is 1.57. The SMILES string of the molecule is CC(C)(C)OC(=O)NC1CCOCC1COc1ccc(-c2ccc(C(F)(F)F)cn2)cc1. The molecule has 2 unspecified atom stereocenters. The molecule has 9 heteroatoms. The molecule has 1 aromatic carbocycles. The van der Waals surface area contributed by atoms with Crippen LogP contribution in [0.15, 0.2) is 42.6 Å². The van der Waals surface area contributed by atoms with Crippen LogP contribution in [0, 0.1) is 5.92 Å². The van der Waals surface area contributed by atoms with Crippen LogP contribution >= 0.6 is 0 Å². The summed E-state index contributed by atoms with van der Waals surface area (Å²) in [5.41, 5.74) is -0.251. The highest BCUT2D eigenvalue weighted by atomic mass is 19.4. The molecule has 0 spiro atoms. The van der Waals surface area contributed by atoms with Crippen molar-refractivity contribution >= 4 is 6.09 Å². The Kier molecular flexibility index (Phi) is 7.28. The lowest BCUT2D eigenvalue weighted by Gasteiger charge is -2.32. The summed E-state index contributed by atoms with van der Waals surface area (Å²) in [6, 6.07) is 9.15. The fraction of sp³-hybridized carbons (Fsp3) is 0.478. The Morgan fingerprint density at radius 1 is 1.16 bits per heavy atom. The largest absolute Gasteiger partial charge is 0.493 e. The lowest BCUT2D eigenvalue weighted by molar-refractivity contribution is -0.137. The van der Waals surface area contributed by atoms with Crippen LogP contribution in [0.25, 0.3) is 11.3 Å². The lowest BCUT2D eigenvalue weighted by Crippen LogP contribution is -2.48. The Bertz CT molecular complexity index is 893. The maximum atomic E-state index is 12.7. The number of carbonyl (C=O) groups is 1. The minimum absolute atomic E-state index is 0.0486. The summed E-state index contributed by atoms with van der Waals surface area (Å²) in [5, 5.41) is 2.90. The molecule has 174 valence electrons. The van der Waals surface area contributed by atoms with Crippen molar-refractivity contribution in [1.82, 2.24) is 10.3 Å². The Labute approximate surface area is 185 Å². The molecule has 1 aliphatic rings. The highest BCUT2D eigenvalue weighted by Crippen LogP contribution is 2.30. The van der Waals surface area contributed by atoms with Crippen molar-refractivity contribution < 1.29 is 32.2 Å². The fourth-order valence-electron chi connectivity index (χ4n) is 3.27. The van der Waals surface area contributed by atoms with Crippen molar-refractivity contribution in [3.63, 3.8) is 0 Å². The van der Waals surface area contributed by atoms with Crippen LogP contribution in [0.5, 0.6) is 5.75 Å². The smallest absolute Gasteiger partial charge is 0.417 e. The first-order valence-corrected chi connectivity index (χ1v) is 10.3. The zero-order valence-corrected chi connectivity index (χ0v) is 18.2. The predicted octanol–water partition coefficient (Wildman–Crippen LogP) is 5.08. The van der Waals surface area contributed by atoms with E-state index in [0.717, 1.165) is 12.3 Å². The average Bonchev–Trinajstić information content (AvgIpc) is 2.72. The molecule has 1 saturated heterocycles. The van der Waals surface area contributed by atoms with Gasteiger partial charge in [0.1, 0.15) is 11.4 Å². The molecule has 1 fully saturated rings. The van der Waals surface area contributed by atoms with Gasteiger partial charge in [-0.05, 0) is 63.6 Å². The van der Waals surface area contributed by atoms with Crippen LogP contribution in [0.3, 0.4) is 0 Å². The Morgan fingerprint density at radius 3 is 2.47 bits per heavy atom. The van der Waals surface area contributed by atoms with Gasteiger partial charge in [0.05, 0.1) is 24.5 Å². The lowest BCUT2D eigenvalue weighted by atomic mass is 9.97. The van der Waals surface area contributed by atoms with Gasteiger partial charge in [-0.15, -0.1) is 0 Å². The first-order valence-electron chi connectivity index (χ1n) is 10.3. The number of rotatable bonds is 5. The van der Waals surface area contributed by atoms with Gasteiger partial charge in [-0.25, -0.2) is 4.79 Å². The highest BCUT2D eigenvalue weighted by Gasteiger charge is 2.31. The normalized spacial score (nSPS) is 19.3. The van der Waals surface area contributed by atoms with E-state index in [9.17, 15) is 18.0 Å². The molecule has 0 aliphatic carbocycles. The van der Waals surface area contributed by atoms with E-state index in [2.05, 4.69) is 10.3 Å². The number of halogens is 3. The Hall–Kier alpha value is -2.81. The summed E-state index contributed by atoms with van der Waals surface area (Å²) in [7, 11) is 0. The van der Waals surface area contributed by atoms with Crippen molar-refractivity contribution in [3.8, 4) is 17.0 Å². The van der Waals surface area contributed by atoms with Crippen LogP contribution in [0.1, 0.15) is 32.8 Å². The summed E-state index contributed by atoms with van der Waals surface area (Å²) < 4.78 is 54.8. The third kappa shape index (κ3) is 6.85. The van der Waals surface area contributed by atoms with E-state index >= 15 is 0 Å². The van der Waals surface area contributed by atoms with Gasteiger partial charge in [0.25, 0.3) is 0 Å². The molecular formula is C23H27F3N2O4. The Morgan fingerprint density at radius 2 is 1.88 bits per heavy atom. The molecule has 1 amide bonds. The summed E-state index contributed by atoms with van der Waals surface area (Å²) >= 11 is 0. The van der Waals surface area contributed by atoms with Gasteiger partial charge in [-0.3, -0.25) is 4.98 Å². The van der Waals surface area contributed by atoms with Crippen molar-refractivity contribution in [2.75, 3.05) is 19.8 Å². The van der Waals surface area contributed by atoms with E-state index in [1.54, 1.807) is 45.0 Å². The zero-order chi connectivity index (χ0) is 23.4. The maximum Gasteiger partial charge on any atom is 0.417 e. The van der Waals surface area contributed by atoms with Gasteiger partial charge in [0, 0.05) is 30.3 Å². The van der Waals surface area contributed by atoms with E-state index in [-0.39, 0.29) is 12.0 Å². The van der Waals surface area contributed by atoms with Gasteiger partial charge < -0.3 is 19.5 Å². The van der Waals surface area contributed by atoms with Crippen molar-refractivity contribution in [2.45, 2.75) is 45.0 Å². The molecule has 6 nitrogen and oxygen atoms in total. The number of aromatic nitrogens is 1. The zero-order valence-electron chi connectivity index (χ0n) is 18.2. The first-order chi connectivity index (χ1) is 15.0. The van der Waals surface area contributed by atoms with E-state index in [1.807, 2.05) is 0 Å². The molecule has 2 aromatic rings. The number of nitrogens with one attached hydrogen (secondary N) is 1. The predicted molar refractivity (Wildman–Crippen MR) is 112 cm³/mol. The molecule has 1 aromatic heterocycles. The second-order valence-electron chi connectivity index (χ2n) is 8.64. The molecule has 0 saturated carbocycles. The molecule has 3 rings (SSSR count). The number of nitrogens with zero attached hydrogens (tertiary/aromatic N) is 1. The average molecular weight is 452 g/mol. The molecule has 1 aliphatic heterocycles. The standard InChI is InChI=1S/C23H27F3N2O4/c1-22(2,3)32-21(29)28-20-10-11-30-13-16(20)14-31-18-7-4-15(5-8-18)19-9-6-17(12-27-19)23(24,25)26/h4-9,12,16,20H,10-11,13-14H2,1-3H3,(H,28,29).